The molecule has 1 saturated heterocycles. The predicted molar refractivity (Wildman–Crippen MR) is 153 cm³/mol. The number of hydrogen-bond donors (Lipinski definition) is 2. The molecule has 5 rings (SSSR count). The number of nitrogen functional groups attached to an aromatic ring is 1. The van der Waals surface area contributed by atoms with Gasteiger partial charge < -0.3 is 15.4 Å². The molecule has 1 saturated carbocycles. The second kappa shape index (κ2) is 11.0. The maximum absolute atomic E-state index is 12.7. The summed E-state index contributed by atoms with van der Waals surface area (Å²) in [7, 11) is 0. The van der Waals surface area contributed by atoms with Gasteiger partial charge in [-0.15, -0.1) is 0 Å². The number of fused-ring (bicyclic) bond motifs is 1. The molecule has 3 N–H and O–H groups in total. The van der Waals surface area contributed by atoms with Crippen LogP contribution < -0.4 is 5.73 Å². The van der Waals surface area contributed by atoms with E-state index < -0.39 is 5.60 Å². The summed E-state index contributed by atoms with van der Waals surface area (Å²) in [5.41, 5.74) is 11.2. The lowest BCUT2D eigenvalue weighted by atomic mass is 9.72. The number of hydrogen-bond acceptors (Lipinski definition) is 5. The van der Waals surface area contributed by atoms with E-state index in [1.807, 2.05) is 25.7 Å². The Kier molecular flexibility index (Phi) is 7.64. The zero-order chi connectivity index (χ0) is 26.9. The van der Waals surface area contributed by atoms with E-state index in [4.69, 9.17) is 15.5 Å². The van der Waals surface area contributed by atoms with Gasteiger partial charge in [0.15, 0.2) is 5.65 Å². The lowest BCUT2D eigenvalue weighted by Crippen LogP contribution is -2.40. The average molecular weight is 518 g/mol. The number of nitrogens with zero attached hydrogens (tertiary/aromatic N) is 3. The fourth-order valence-electron chi connectivity index (χ4n) is 6.39. The highest BCUT2D eigenvalue weighted by atomic mass is 16.6. The third-order valence-corrected chi connectivity index (χ3v) is 8.47. The molecule has 1 atom stereocenters. The van der Waals surface area contributed by atoms with Crippen LogP contribution >= 0.6 is 0 Å². The fourth-order valence-corrected chi connectivity index (χ4v) is 6.39. The molecule has 0 bridgehead atoms. The molecule has 1 amide bonds. The van der Waals surface area contributed by atoms with Crippen LogP contribution in [0.15, 0.2) is 30.3 Å². The average Bonchev–Trinajstić information content (AvgIpc) is 3.24. The number of rotatable bonds is 3. The van der Waals surface area contributed by atoms with Gasteiger partial charge >= 0.3 is 6.09 Å². The molecule has 2 aromatic heterocycles. The lowest BCUT2D eigenvalue weighted by Gasteiger charge is -2.37. The standard InChI is InChI=1S/C31H43N5O2/c1-20-8-10-23(11-9-20)25-19-26(33-29-27(25)28(32)34-35-29)24-14-12-22(13-15-24)21-7-5-6-17-36(18-16-21)30(37)38-31(2,3)4/h8-11,19,21-22,24H,5-7,12-18H2,1-4H3,(H3,32,33,34,35). The van der Waals surface area contributed by atoms with E-state index in [0.717, 1.165) is 61.0 Å². The summed E-state index contributed by atoms with van der Waals surface area (Å²) in [4.78, 5) is 19.6. The van der Waals surface area contributed by atoms with Crippen molar-refractivity contribution < 1.29 is 9.53 Å². The molecule has 7 nitrogen and oxygen atoms in total. The summed E-state index contributed by atoms with van der Waals surface area (Å²) in [6, 6.07) is 10.8. The van der Waals surface area contributed by atoms with Gasteiger partial charge in [0.05, 0.1) is 5.39 Å². The SMILES string of the molecule is Cc1ccc(-c2cc(C3CCC(C4CCCCN(C(=O)OC(C)(C)C)CC4)CC3)nc3n[nH]c(N)c23)cc1. The number of carbonyl (C=O) groups is 1. The van der Waals surface area contributed by atoms with Crippen molar-refractivity contribution >= 4 is 22.9 Å². The Balaban J connectivity index is 1.27. The number of benzene rings is 1. The van der Waals surface area contributed by atoms with Crippen molar-refractivity contribution in [2.45, 2.75) is 90.6 Å². The number of carbonyl (C=O) groups excluding carboxylic acids is 1. The predicted octanol–water partition coefficient (Wildman–Crippen LogP) is 7.22. The van der Waals surface area contributed by atoms with Crippen LogP contribution in [0.1, 0.15) is 89.3 Å². The van der Waals surface area contributed by atoms with Crippen LogP contribution in [-0.2, 0) is 4.74 Å². The smallest absolute Gasteiger partial charge is 0.410 e. The van der Waals surface area contributed by atoms with Gasteiger partial charge in [0, 0.05) is 24.7 Å². The van der Waals surface area contributed by atoms with E-state index in [-0.39, 0.29) is 6.09 Å². The first-order valence-corrected chi connectivity index (χ1v) is 14.4. The maximum Gasteiger partial charge on any atom is 0.410 e. The first-order chi connectivity index (χ1) is 18.2. The van der Waals surface area contributed by atoms with Crippen LogP contribution in [-0.4, -0.2) is 44.9 Å². The van der Waals surface area contributed by atoms with E-state index in [9.17, 15) is 4.79 Å². The number of pyridine rings is 1. The Labute approximate surface area is 226 Å². The van der Waals surface area contributed by atoms with Gasteiger partial charge in [-0.05, 0) is 95.2 Å². The largest absolute Gasteiger partial charge is 0.444 e. The summed E-state index contributed by atoms with van der Waals surface area (Å²) in [5, 5.41) is 8.28. The highest BCUT2D eigenvalue weighted by Crippen LogP contribution is 2.43. The molecule has 3 aromatic rings. The molecule has 204 valence electrons. The molecule has 0 radical (unpaired) electrons. The second-order valence-electron chi connectivity index (χ2n) is 12.4. The van der Waals surface area contributed by atoms with Gasteiger partial charge in [-0.3, -0.25) is 5.10 Å². The number of amides is 1. The zero-order valence-corrected chi connectivity index (χ0v) is 23.4. The topological polar surface area (TPSA) is 97.1 Å². The number of aromatic nitrogens is 3. The van der Waals surface area contributed by atoms with Crippen LogP contribution in [0, 0.1) is 18.8 Å². The van der Waals surface area contributed by atoms with Gasteiger partial charge in [0.1, 0.15) is 11.4 Å². The van der Waals surface area contributed by atoms with Crippen LogP contribution in [0.4, 0.5) is 10.6 Å². The Hall–Kier alpha value is -3.09. The van der Waals surface area contributed by atoms with Crippen LogP contribution in [0.25, 0.3) is 22.2 Å². The van der Waals surface area contributed by atoms with Crippen molar-refractivity contribution in [2.24, 2.45) is 11.8 Å². The first kappa shape index (κ1) is 26.5. The minimum atomic E-state index is -0.449. The van der Waals surface area contributed by atoms with Gasteiger partial charge in [0.25, 0.3) is 0 Å². The number of anilines is 1. The van der Waals surface area contributed by atoms with Crippen molar-refractivity contribution in [3.63, 3.8) is 0 Å². The Bertz CT molecular complexity index is 1250. The number of nitrogens with one attached hydrogen (secondary N) is 1. The van der Waals surface area contributed by atoms with Gasteiger partial charge in [-0.2, -0.15) is 5.10 Å². The van der Waals surface area contributed by atoms with Gasteiger partial charge in [-0.25, -0.2) is 9.78 Å². The summed E-state index contributed by atoms with van der Waals surface area (Å²) in [5.74, 6) is 2.39. The lowest BCUT2D eigenvalue weighted by molar-refractivity contribution is 0.0209. The summed E-state index contributed by atoms with van der Waals surface area (Å²) in [6.07, 6.45) is 9.13. The van der Waals surface area contributed by atoms with E-state index >= 15 is 0 Å². The molecule has 1 aromatic carbocycles. The van der Waals surface area contributed by atoms with Crippen molar-refractivity contribution in [3.05, 3.63) is 41.6 Å². The molecule has 0 spiro atoms. The molecule has 2 aliphatic rings. The van der Waals surface area contributed by atoms with Gasteiger partial charge in [0.2, 0.25) is 0 Å². The highest BCUT2D eigenvalue weighted by Gasteiger charge is 2.31. The highest BCUT2D eigenvalue weighted by molar-refractivity contribution is 6.00. The number of aromatic amines is 1. The summed E-state index contributed by atoms with van der Waals surface area (Å²) < 4.78 is 5.66. The second-order valence-corrected chi connectivity index (χ2v) is 12.4. The monoisotopic (exact) mass is 517 g/mol. The third kappa shape index (κ3) is 5.97. The number of aryl methyl sites for hydroxylation is 1. The Morgan fingerprint density at radius 2 is 1.71 bits per heavy atom. The number of nitrogens with two attached hydrogens (primary N) is 1. The van der Waals surface area contributed by atoms with E-state index in [0.29, 0.717) is 29.2 Å². The summed E-state index contributed by atoms with van der Waals surface area (Å²) in [6.45, 7) is 9.53. The van der Waals surface area contributed by atoms with E-state index in [2.05, 4.69) is 47.5 Å². The van der Waals surface area contributed by atoms with Crippen molar-refractivity contribution in [1.82, 2.24) is 20.1 Å². The molecule has 2 fully saturated rings. The fraction of sp³-hybridized carbons (Fsp3) is 0.581. The van der Waals surface area contributed by atoms with Crippen LogP contribution in [0.5, 0.6) is 0 Å². The van der Waals surface area contributed by atoms with Crippen molar-refractivity contribution in [3.8, 4) is 11.1 Å². The normalized spacial score (nSPS) is 23.2. The molecule has 38 heavy (non-hydrogen) atoms. The van der Waals surface area contributed by atoms with Crippen molar-refractivity contribution in [2.75, 3.05) is 18.8 Å². The minimum absolute atomic E-state index is 0.160. The first-order valence-electron chi connectivity index (χ1n) is 14.4. The number of H-pyrrole nitrogens is 1. The minimum Gasteiger partial charge on any atom is -0.444 e. The molecule has 1 unspecified atom stereocenters. The number of likely N-dealkylation sites (tertiary alicyclic amines) is 1. The van der Waals surface area contributed by atoms with Crippen LogP contribution in [0.2, 0.25) is 0 Å². The van der Waals surface area contributed by atoms with Crippen LogP contribution in [0.3, 0.4) is 0 Å². The molecule has 7 heteroatoms. The van der Waals surface area contributed by atoms with E-state index in [1.165, 1.54) is 31.2 Å². The van der Waals surface area contributed by atoms with Gasteiger partial charge in [-0.1, -0.05) is 42.7 Å². The Morgan fingerprint density at radius 1 is 1.00 bits per heavy atom. The van der Waals surface area contributed by atoms with E-state index in [1.54, 1.807) is 0 Å². The summed E-state index contributed by atoms with van der Waals surface area (Å²) >= 11 is 0. The third-order valence-electron chi connectivity index (χ3n) is 8.47. The Morgan fingerprint density at radius 3 is 2.42 bits per heavy atom. The molecule has 3 heterocycles. The zero-order valence-electron chi connectivity index (χ0n) is 23.4. The molecule has 1 aliphatic heterocycles. The molecular weight excluding hydrogens is 474 g/mol. The number of ether oxygens (including phenoxy) is 1. The molecular formula is C31H43N5O2. The molecule has 1 aliphatic carbocycles. The van der Waals surface area contributed by atoms with Crippen molar-refractivity contribution in [1.29, 1.82) is 0 Å². The maximum atomic E-state index is 12.7. The quantitative estimate of drug-likeness (QED) is 0.382.